The minimum Gasteiger partial charge on any atom is -0.369 e. The van der Waals surface area contributed by atoms with E-state index in [0.717, 1.165) is 38.8 Å². The maximum atomic E-state index is 12.4. The molecule has 3 rings (SSSR count). The lowest BCUT2D eigenvalue weighted by Gasteiger charge is -2.36. The minimum atomic E-state index is -3.77. The molecule has 0 bridgehead atoms. The second-order valence-corrected chi connectivity index (χ2v) is 9.39. The Kier molecular flexibility index (Phi) is 7.06. The van der Waals surface area contributed by atoms with E-state index in [9.17, 15) is 18.5 Å². The van der Waals surface area contributed by atoms with Crippen molar-refractivity contribution in [2.75, 3.05) is 44.2 Å². The van der Waals surface area contributed by atoms with Gasteiger partial charge in [0.1, 0.15) is 0 Å². The normalized spacial score (nSPS) is 15.3. The standard InChI is InChI=1S/C21H28N4O4S/c1-17-5-3-6-19(15-17)24-13-11-23(12-14-24)10-4-9-22-30(28,29)20-8-7-18(2)21(16-20)25(26)27/h3,5-8,15-16,22H,4,9-14H2,1-2H3. The van der Waals surface area contributed by atoms with Gasteiger partial charge in [-0.1, -0.05) is 18.2 Å². The molecule has 0 saturated carbocycles. The predicted molar refractivity (Wildman–Crippen MR) is 117 cm³/mol. The molecule has 0 radical (unpaired) electrons. The maximum absolute atomic E-state index is 12.4. The number of nitrogens with one attached hydrogen (secondary N) is 1. The first-order valence-electron chi connectivity index (χ1n) is 10.0. The van der Waals surface area contributed by atoms with Gasteiger partial charge in [0.05, 0.1) is 9.82 Å². The van der Waals surface area contributed by atoms with Gasteiger partial charge in [-0.05, 0) is 50.6 Å². The lowest BCUT2D eigenvalue weighted by molar-refractivity contribution is -0.385. The van der Waals surface area contributed by atoms with Gasteiger partial charge in [-0.15, -0.1) is 0 Å². The Labute approximate surface area is 177 Å². The smallest absolute Gasteiger partial charge is 0.273 e. The maximum Gasteiger partial charge on any atom is 0.273 e. The summed E-state index contributed by atoms with van der Waals surface area (Å²) < 4.78 is 27.4. The molecule has 0 unspecified atom stereocenters. The van der Waals surface area contributed by atoms with Crippen LogP contribution in [-0.2, 0) is 10.0 Å². The van der Waals surface area contributed by atoms with Crippen molar-refractivity contribution in [1.82, 2.24) is 9.62 Å². The summed E-state index contributed by atoms with van der Waals surface area (Å²) in [5, 5.41) is 11.0. The number of nitro benzene ring substituents is 1. The van der Waals surface area contributed by atoms with Crippen molar-refractivity contribution in [3.8, 4) is 0 Å². The molecular weight excluding hydrogens is 404 g/mol. The molecule has 1 saturated heterocycles. The van der Waals surface area contributed by atoms with Gasteiger partial charge >= 0.3 is 0 Å². The van der Waals surface area contributed by atoms with Crippen molar-refractivity contribution in [1.29, 1.82) is 0 Å². The van der Waals surface area contributed by atoms with E-state index < -0.39 is 14.9 Å². The molecule has 0 amide bonds. The number of anilines is 1. The Morgan fingerprint density at radius 1 is 1.07 bits per heavy atom. The summed E-state index contributed by atoms with van der Waals surface area (Å²) >= 11 is 0. The van der Waals surface area contributed by atoms with Crippen LogP contribution < -0.4 is 9.62 Å². The fourth-order valence-electron chi connectivity index (χ4n) is 3.60. The highest BCUT2D eigenvalue weighted by atomic mass is 32.2. The fourth-order valence-corrected chi connectivity index (χ4v) is 4.69. The van der Waals surface area contributed by atoms with Gasteiger partial charge < -0.3 is 4.90 Å². The first kappa shape index (κ1) is 22.2. The molecule has 2 aromatic carbocycles. The second kappa shape index (κ2) is 9.55. The Morgan fingerprint density at radius 2 is 1.80 bits per heavy atom. The average molecular weight is 433 g/mol. The molecule has 1 heterocycles. The van der Waals surface area contributed by atoms with Crippen LogP contribution >= 0.6 is 0 Å². The first-order chi connectivity index (χ1) is 14.3. The summed E-state index contributed by atoms with van der Waals surface area (Å²) in [5.41, 5.74) is 2.74. The van der Waals surface area contributed by atoms with Gasteiger partial charge in [0, 0.05) is 50.0 Å². The highest BCUT2D eigenvalue weighted by Gasteiger charge is 2.20. The van der Waals surface area contributed by atoms with Crippen molar-refractivity contribution in [3.63, 3.8) is 0 Å². The van der Waals surface area contributed by atoms with E-state index in [0.29, 0.717) is 18.5 Å². The molecule has 9 heteroatoms. The van der Waals surface area contributed by atoms with Crippen molar-refractivity contribution >= 4 is 21.4 Å². The largest absolute Gasteiger partial charge is 0.369 e. The zero-order valence-corrected chi connectivity index (χ0v) is 18.2. The summed E-state index contributed by atoms with van der Waals surface area (Å²) in [6.45, 7) is 8.54. The van der Waals surface area contributed by atoms with Crippen LogP contribution in [0, 0.1) is 24.0 Å². The molecular formula is C21H28N4O4S. The topological polar surface area (TPSA) is 95.8 Å². The highest BCUT2D eigenvalue weighted by molar-refractivity contribution is 7.89. The summed E-state index contributed by atoms with van der Waals surface area (Å²) in [5.74, 6) is 0. The van der Waals surface area contributed by atoms with Crippen LogP contribution in [0.3, 0.4) is 0 Å². The summed E-state index contributed by atoms with van der Waals surface area (Å²) in [7, 11) is -3.77. The van der Waals surface area contributed by atoms with Crippen molar-refractivity contribution in [3.05, 3.63) is 63.7 Å². The van der Waals surface area contributed by atoms with Gasteiger partial charge in [0.2, 0.25) is 10.0 Å². The first-order valence-corrected chi connectivity index (χ1v) is 11.5. The van der Waals surface area contributed by atoms with E-state index in [4.69, 9.17) is 0 Å². The van der Waals surface area contributed by atoms with Crippen molar-refractivity contribution in [2.24, 2.45) is 0 Å². The van der Waals surface area contributed by atoms with Crippen molar-refractivity contribution in [2.45, 2.75) is 25.2 Å². The molecule has 1 N–H and O–H groups in total. The number of nitrogens with zero attached hydrogens (tertiary/aromatic N) is 3. The van der Waals surface area contributed by atoms with Crippen molar-refractivity contribution < 1.29 is 13.3 Å². The van der Waals surface area contributed by atoms with Crippen LogP contribution in [0.5, 0.6) is 0 Å². The zero-order valence-electron chi connectivity index (χ0n) is 17.4. The lowest BCUT2D eigenvalue weighted by atomic mass is 10.2. The van der Waals surface area contributed by atoms with E-state index in [1.54, 1.807) is 6.92 Å². The predicted octanol–water partition coefficient (Wildman–Crippen LogP) is 2.70. The third kappa shape index (κ3) is 5.56. The van der Waals surface area contributed by atoms with Gasteiger partial charge in [-0.3, -0.25) is 15.0 Å². The number of piperazine rings is 1. The number of benzene rings is 2. The molecule has 0 aromatic heterocycles. The second-order valence-electron chi connectivity index (χ2n) is 7.62. The SMILES string of the molecule is Cc1cccc(N2CCN(CCCNS(=O)(=O)c3ccc(C)c([N+](=O)[O-])c3)CC2)c1. The van der Waals surface area contributed by atoms with E-state index in [-0.39, 0.29) is 10.6 Å². The van der Waals surface area contributed by atoms with Crippen LogP contribution in [0.25, 0.3) is 0 Å². The molecule has 1 fully saturated rings. The fraction of sp³-hybridized carbons (Fsp3) is 0.429. The summed E-state index contributed by atoms with van der Waals surface area (Å²) in [6, 6.07) is 12.5. The third-order valence-corrected chi connectivity index (χ3v) is 6.83. The quantitative estimate of drug-likeness (QED) is 0.391. The lowest BCUT2D eigenvalue weighted by Crippen LogP contribution is -2.47. The number of hydrogen-bond donors (Lipinski definition) is 1. The van der Waals surface area contributed by atoms with Crippen LogP contribution in [-0.4, -0.2) is 57.5 Å². The van der Waals surface area contributed by atoms with Crippen LogP contribution in [0.2, 0.25) is 0 Å². The van der Waals surface area contributed by atoms with E-state index in [1.807, 2.05) is 0 Å². The van der Waals surface area contributed by atoms with Crippen LogP contribution in [0.1, 0.15) is 17.5 Å². The van der Waals surface area contributed by atoms with Gasteiger partial charge in [-0.2, -0.15) is 0 Å². The van der Waals surface area contributed by atoms with Gasteiger partial charge in [0.25, 0.3) is 5.69 Å². The molecule has 0 spiro atoms. The summed E-state index contributed by atoms with van der Waals surface area (Å²) in [6.07, 6.45) is 0.678. The molecule has 2 aromatic rings. The average Bonchev–Trinajstić information content (AvgIpc) is 2.71. The Morgan fingerprint density at radius 3 is 2.47 bits per heavy atom. The van der Waals surface area contributed by atoms with Crippen LogP contribution in [0.15, 0.2) is 47.4 Å². The van der Waals surface area contributed by atoms with Crippen LogP contribution in [0.4, 0.5) is 11.4 Å². The van der Waals surface area contributed by atoms with Gasteiger partial charge in [0.15, 0.2) is 0 Å². The Balaban J connectivity index is 1.45. The summed E-state index contributed by atoms with van der Waals surface area (Å²) in [4.78, 5) is 15.1. The Hall–Kier alpha value is -2.49. The van der Waals surface area contributed by atoms with Gasteiger partial charge in [-0.25, -0.2) is 13.1 Å². The zero-order chi connectivity index (χ0) is 21.7. The minimum absolute atomic E-state index is 0.0773. The molecule has 30 heavy (non-hydrogen) atoms. The number of rotatable bonds is 8. The number of sulfonamides is 1. The molecule has 162 valence electrons. The molecule has 0 atom stereocenters. The Bertz CT molecular complexity index is 1000. The molecule has 0 aliphatic carbocycles. The van der Waals surface area contributed by atoms with E-state index in [1.165, 1.54) is 23.4 Å². The highest BCUT2D eigenvalue weighted by Crippen LogP contribution is 2.22. The molecule has 8 nitrogen and oxygen atoms in total. The van der Waals surface area contributed by atoms with E-state index in [2.05, 4.69) is 45.7 Å². The number of hydrogen-bond acceptors (Lipinski definition) is 6. The van der Waals surface area contributed by atoms with E-state index >= 15 is 0 Å². The molecule has 1 aliphatic rings. The number of nitro groups is 1. The molecule has 1 aliphatic heterocycles. The third-order valence-electron chi connectivity index (χ3n) is 5.37. The monoisotopic (exact) mass is 432 g/mol. The number of aryl methyl sites for hydroxylation is 2.